The lowest BCUT2D eigenvalue weighted by Crippen LogP contribution is -2.53. The van der Waals surface area contributed by atoms with Crippen LogP contribution in [0.25, 0.3) is 0 Å². The van der Waals surface area contributed by atoms with Crippen molar-refractivity contribution in [2.75, 3.05) is 0 Å². The summed E-state index contributed by atoms with van der Waals surface area (Å²) in [5.74, 6) is -0.900. The topological polar surface area (TPSA) is 74.6 Å². The summed E-state index contributed by atoms with van der Waals surface area (Å²) in [6.45, 7) is 5.46. The molecule has 0 bridgehead atoms. The van der Waals surface area contributed by atoms with Gasteiger partial charge in [0, 0.05) is 5.56 Å². The highest BCUT2D eigenvalue weighted by Gasteiger charge is 2.56. The third-order valence-corrected chi connectivity index (χ3v) is 6.31. The Hall–Kier alpha value is -1.68. The van der Waals surface area contributed by atoms with Crippen molar-refractivity contribution >= 4 is 11.8 Å². The highest BCUT2D eigenvalue weighted by molar-refractivity contribution is 5.94. The zero-order valence-corrected chi connectivity index (χ0v) is 13.9. The van der Waals surface area contributed by atoms with Crippen molar-refractivity contribution in [1.29, 1.82) is 0 Å². The average molecular weight is 316 g/mol. The number of carboxylic acids is 1. The number of Topliss-reactive ketones (excluding diaryl/α,β-unsaturated/α-hetero) is 1. The van der Waals surface area contributed by atoms with Crippen molar-refractivity contribution < 1.29 is 19.8 Å². The summed E-state index contributed by atoms with van der Waals surface area (Å²) in [6.07, 6.45) is 2.16. The summed E-state index contributed by atoms with van der Waals surface area (Å²) in [5, 5.41) is 20.4. The molecule has 0 saturated heterocycles. The number of carboxylic acid groups (broad SMARTS) is 1. The smallest absolute Gasteiger partial charge is 0.309 e. The number of benzene rings is 1. The molecule has 124 valence electrons. The van der Waals surface area contributed by atoms with E-state index in [0.29, 0.717) is 18.4 Å². The number of carbonyl (C=O) groups is 2. The Labute approximate surface area is 136 Å². The molecule has 0 amide bonds. The minimum atomic E-state index is -0.815. The van der Waals surface area contributed by atoms with Gasteiger partial charge in [-0.3, -0.25) is 9.59 Å². The van der Waals surface area contributed by atoms with Crippen LogP contribution in [-0.2, 0) is 10.2 Å². The molecule has 0 unspecified atom stereocenters. The first kappa shape index (κ1) is 16.2. The molecule has 1 aromatic carbocycles. The normalized spacial score (nSPS) is 36.0. The molecule has 4 heteroatoms. The number of aliphatic hydroxyl groups excluding tert-OH is 1. The van der Waals surface area contributed by atoms with Crippen LogP contribution in [0.3, 0.4) is 0 Å². The van der Waals surface area contributed by atoms with Crippen LogP contribution in [0.2, 0.25) is 0 Å². The number of ketones is 1. The fourth-order valence-electron chi connectivity index (χ4n) is 4.90. The molecule has 4 nitrogen and oxygen atoms in total. The van der Waals surface area contributed by atoms with Gasteiger partial charge in [-0.1, -0.05) is 25.5 Å². The van der Waals surface area contributed by atoms with Crippen LogP contribution in [0.5, 0.6) is 0 Å². The molecule has 1 saturated carbocycles. The van der Waals surface area contributed by atoms with Crippen LogP contribution in [0.15, 0.2) is 18.2 Å². The number of fused-ring (bicyclic) bond motifs is 3. The van der Waals surface area contributed by atoms with E-state index in [2.05, 4.69) is 6.92 Å². The van der Waals surface area contributed by atoms with Crippen molar-refractivity contribution in [2.45, 2.75) is 58.0 Å². The second-order valence-corrected chi connectivity index (χ2v) is 7.66. The van der Waals surface area contributed by atoms with Crippen LogP contribution in [-0.4, -0.2) is 22.0 Å². The lowest BCUT2D eigenvalue weighted by molar-refractivity contribution is -0.159. The van der Waals surface area contributed by atoms with Gasteiger partial charge in [0.1, 0.15) is 0 Å². The van der Waals surface area contributed by atoms with E-state index in [0.717, 1.165) is 24.0 Å². The molecule has 23 heavy (non-hydrogen) atoms. The molecule has 3 rings (SSSR count). The largest absolute Gasteiger partial charge is 0.481 e. The van der Waals surface area contributed by atoms with E-state index in [1.54, 1.807) is 12.1 Å². The third-order valence-electron chi connectivity index (χ3n) is 6.31. The minimum Gasteiger partial charge on any atom is -0.481 e. The number of carbonyl (C=O) groups excluding carboxylic acids is 1. The van der Waals surface area contributed by atoms with Gasteiger partial charge in [0.15, 0.2) is 5.78 Å². The van der Waals surface area contributed by atoms with Gasteiger partial charge in [-0.2, -0.15) is 0 Å². The summed E-state index contributed by atoms with van der Waals surface area (Å²) in [4.78, 5) is 23.5. The Morgan fingerprint density at radius 2 is 1.91 bits per heavy atom. The first-order chi connectivity index (χ1) is 10.7. The number of hydrogen-bond acceptors (Lipinski definition) is 3. The van der Waals surface area contributed by atoms with Crippen LogP contribution < -0.4 is 0 Å². The molecule has 2 N–H and O–H groups in total. The minimum absolute atomic E-state index is 0.0219. The predicted molar refractivity (Wildman–Crippen MR) is 86.5 cm³/mol. The Bertz CT molecular complexity index is 680. The molecular weight excluding hydrogens is 292 g/mol. The Kier molecular flexibility index (Phi) is 3.64. The molecule has 1 fully saturated rings. The highest BCUT2D eigenvalue weighted by atomic mass is 16.4. The monoisotopic (exact) mass is 316 g/mol. The van der Waals surface area contributed by atoms with Crippen molar-refractivity contribution in [1.82, 2.24) is 0 Å². The van der Waals surface area contributed by atoms with E-state index in [1.807, 2.05) is 13.0 Å². The molecule has 2 aliphatic carbocycles. The summed E-state index contributed by atoms with van der Waals surface area (Å²) in [6, 6.07) is 5.51. The lowest BCUT2D eigenvalue weighted by atomic mass is 9.49. The van der Waals surface area contributed by atoms with E-state index in [9.17, 15) is 19.8 Å². The van der Waals surface area contributed by atoms with E-state index < -0.39 is 17.5 Å². The molecule has 0 spiro atoms. The van der Waals surface area contributed by atoms with Gasteiger partial charge >= 0.3 is 5.97 Å². The fraction of sp³-hybridized carbons (Fsp3) is 0.579. The van der Waals surface area contributed by atoms with Gasteiger partial charge in [-0.25, -0.2) is 0 Å². The maximum atomic E-state index is 11.9. The molecular formula is C19H24O4. The van der Waals surface area contributed by atoms with E-state index in [-0.39, 0.29) is 17.1 Å². The van der Waals surface area contributed by atoms with Gasteiger partial charge in [-0.05, 0) is 61.6 Å². The van der Waals surface area contributed by atoms with Crippen molar-refractivity contribution in [2.24, 2.45) is 11.3 Å². The first-order valence-electron chi connectivity index (χ1n) is 8.27. The Morgan fingerprint density at radius 1 is 1.22 bits per heavy atom. The molecule has 0 radical (unpaired) electrons. The zero-order chi connectivity index (χ0) is 17.0. The van der Waals surface area contributed by atoms with Crippen molar-refractivity contribution in [3.8, 4) is 0 Å². The summed E-state index contributed by atoms with van der Waals surface area (Å²) in [7, 11) is 0. The van der Waals surface area contributed by atoms with Crippen LogP contribution >= 0.6 is 0 Å². The molecule has 2 aliphatic rings. The Morgan fingerprint density at radius 3 is 2.52 bits per heavy atom. The van der Waals surface area contributed by atoms with Crippen LogP contribution in [0, 0.1) is 11.3 Å². The number of aliphatic carboxylic acids is 1. The number of hydrogen-bond donors (Lipinski definition) is 2. The van der Waals surface area contributed by atoms with Crippen molar-refractivity contribution in [3.63, 3.8) is 0 Å². The second-order valence-electron chi connectivity index (χ2n) is 7.66. The van der Waals surface area contributed by atoms with Gasteiger partial charge in [0.25, 0.3) is 0 Å². The third kappa shape index (κ3) is 2.23. The first-order valence-corrected chi connectivity index (χ1v) is 8.27. The molecule has 0 heterocycles. The Balaban J connectivity index is 2.16. The number of aliphatic hydroxyl groups is 1. The highest BCUT2D eigenvalue weighted by Crippen LogP contribution is 2.59. The molecule has 0 aromatic heterocycles. The van der Waals surface area contributed by atoms with E-state index in [1.165, 1.54) is 6.92 Å². The number of rotatable bonds is 2. The van der Waals surface area contributed by atoms with Crippen molar-refractivity contribution in [3.05, 3.63) is 34.9 Å². The second kappa shape index (κ2) is 5.17. The van der Waals surface area contributed by atoms with Gasteiger partial charge in [-0.15, -0.1) is 0 Å². The average Bonchev–Trinajstić information content (AvgIpc) is 2.49. The summed E-state index contributed by atoms with van der Waals surface area (Å²) >= 11 is 0. The van der Waals surface area contributed by atoms with Crippen LogP contribution in [0.1, 0.15) is 74.0 Å². The predicted octanol–water partition coefficient (Wildman–Crippen LogP) is 3.48. The molecule has 1 aromatic rings. The maximum absolute atomic E-state index is 11.9. The quantitative estimate of drug-likeness (QED) is 0.819. The van der Waals surface area contributed by atoms with Gasteiger partial charge in [0.2, 0.25) is 0 Å². The zero-order valence-electron chi connectivity index (χ0n) is 13.9. The summed E-state index contributed by atoms with van der Waals surface area (Å²) in [5.41, 5.74) is 1.33. The van der Waals surface area contributed by atoms with E-state index >= 15 is 0 Å². The SMILES string of the molecule is CC(=O)c1ccc2c(c1)[C@H](O)C[C@H]1[C@@](C)(C(=O)O)CCC[C@]21C. The maximum Gasteiger partial charge on any atom is 0.309 e. The molecule has 4 atom stereocenters. The van der Waals surface area contributed by atoms with Gasteiger partial charge in [0.05, 0.1) is 11.5 Å². The van der Waals surface area contributed by atoms with E-state index in [4.69, 9.17) is 0 Å². The lowest BCUT2D eigenvalue weighted by Gasteiger charge is -2.54. The van der Waals surface area contributed by atoms with Gasteiger partial charge < -0.3 is 10.2 Å². The molecule has 0 aliphatic heterocycles. The standard InChI is InChI=1S/C19H24O4/c1-11(20)12-5-6-14-13(9-12)15(21)10-16-18(14,2)7-4-8-19(16,3)17(22)23/h5-6,9,15-16,21H,4,7-8,10H2,1-3H3,(H,22,23)/t15-,16-,18-,19+/m1/s1. The summed E-state index contributed by atoms with van der Waals surface area (Å²) < 4.78 is 0. The fourth-order valence-corrected chi connectivity index (χ4v) is 4.90. The van der Waals surface area contributed by atoms with Crippen LogP contribution in [0.4, 0.5) is 0 Å².